The first kappa shape index (κ1) is 13.3. The van der Waals surface area contributed by atoms with Crippen molar-refractivity contribution >= 4 is 23.2 Å². The van der Waals surface area contributed by atoms with E-state index in [0.29, 0.717) is 0 Å². The fraction of sp³-hybridized carbons (Fsp3) is 0.111. The molecule has 0 saturated carbocycles. The van der Waals surface area contributed by atoms with Crippen LogP contribution in [0.4, 0.5) is 5.69 Å². The molecule has 0 atom stereocenters. The van der Waals surface area contributed by atoms with E-state index in [1.54, 1.807) is 5.01 Å². The number of rotatable bonds is 3. The molecule has 1 aliphatic rings. The molecule has 0 radical (unpaired) electrons. The quantitative estimate of drug-likeness (QED) is 0.619. The minimum atomic E-state index is 1.00. The molecule has 0 bridgehead atoms. The number of hydrogen-bond donors (Lipinski definition) is 0. The first-order valence-corrected chi connectivity index (χ1v) is 6.91. The molecular formula is C18H17N3. The fourth-order valence-electron chi connectivity index (χ4n) is 2.33. The Hall–Kier alpha value is -2.68. The van der Waals surface area contributed by atoms with Gasteiger partial charge in [-0.1, -0.05) is 48.5 Å². The summed E-state index contributed by atoms with van der Waals surface area (Å²) in [6.07, 6.45) is 3.84. The lowest BCUT2D eigenvalue weighted by molar-refractivity contribution is 0.440. The number of para-hydroxylation sites is 1. The van der Waals surface area contributed by atoms with Gasteiger partial charge in [0.15, 0.2) is 0 Å². The van der Waals surface area contributed by atoms with E-state index in [1.165, 1.54) is 0 Å². The SMILES string of the molecule is CN(C)/N=C/C=C1\C(c2ccccc2)=Nc2ccccc21. The predicted molar refractivity (Wildman–Crippen MR) is 89.2 cm³/mol. The zero-order valence-corrected chi connectivity index (χ0v) is 12.2. The van der Waals surface area contributed by atoms with Gasteiger partial charge in [-0.05, 0) is 12.1 Å². The van der Waals surface area contributed by atoms with Crippen LogP contribution >= 0.6 is 0 Å². The van der Waals surface area contributed by atoms with Crippen molar-refractivity contribution in [3.63, 3.8) is 0 Å². The first-order valence-electron chi connectivity index (χ1n) is 6.91. The van der Waals surface area contributed by atoms with Gasteiger partial charge in [0, 0.05) is 37.0 Å². The highest BCUT2D eigenvalue weighted by Gasteiger charge is 2.20. The molecule has 2 aromatic carbocycles. The molecule has 3 heteroatoms. The molecule has 0 spiro atoms. The molecule has 0 saturated heterocycles. The van der Waals surface area contributed by atoms with Crippen LogP contribution in [0.2, 0.25) is 0 Å². The second kappa shape index (κ2) is 5.75. The van der Waals surface area contributed by atoms with Crippen LogP contribution in [0.1, 0.15) is 11.1 Å². The third-order valence-electron chi connectivity index (χ3n) is 3.27. The highest BCUT2D eigenvalue weighted by atomic mass is 15.4. The second-order valence-electron chi connectivity index (χ2n) is 5.04. The molecule has 1 heterocycles. The molecular weight excluding hydrogens is 258 g/mol. The maximum atomic E-state index is 4.77. The Morgan fingerprint density at radius 2 is 1.67 bits per heavy atom. The number of fused-ring (bicyclic) bond motifs is 1. The zero-order chi connectivity index (χ0) is 14.7. The van der Waals surface area contributed by atoms with Gasteiger partial charge < -0.3 is 5.01 Å². The van der Waals surface area contributed by atoms with E-state index in [0.717, 1.165) is 28.1 Å². The molecule has 21 heavy (non-hydrogen) atoms. The van der Waals surface area contributed by atoms with Gasteiger partial charge in [0.1, 0.15) is 0 Å². The summed E-state index contributed by atoms with van der Waals surface area (Å²) in [4.78, 5) is 4.77. The highest BCUT2D eigenvalue weighted by Crippen LogP contribution is 2.36. The smallest absolute Gasteiger partial charge is 0.0789 e. The maximum absolute atomic E-state index is 4.77. The summed E-state index contributed by atoms with van der Waals surface area (Å²) in [5, 5.41) is 6.04. The van der Waals surface area contributed by atoms with Crippen LogP contribution < -0.4 is 0 Å². The van der Waals surface area contributed by atoms with Crippen molar-refractivity contribution in [2.45, 2.75) is 0 Å². The van der Waals surface area contributed by atoms with Gasteiger partial charge >= 0.3 is 0 Å². The predicted octanol–water partition coefficient (Wildman–Crippen LogP) is 3.75. The summed E-state index contributed by atoms with van der Waals surface area (Å²) in [6, 6.07) is 18.5. The molecule has 0 aromatic heterocycles. The second-order valence-corrected chi connectivity index (χ2v) is 5.04. The minimum absolute atomic E-state index is 1.00. The lowest BCUT2D eigenvalue weighted by Gasteiger charge is -2.05. The van der Waals surface area contributed by atoms with E-state index in [9.17, 15) is 0 Å². The lowest BCUT2D eigenvalue weighted by Crippen LogP contribution is -2.02. The van der Waals surface area contributed by atoms with E-state index >= 15 is 0 Å². The van der Waals surface area contributed by atoms with Crippen molar-refractivity contribution < 1.29 is 0 Å². The van der Waals surface area contributed by atoms with Crippen LogP contribution in [0.3, 0.4) is 0 Å². The van der Waals surface area contributed by atoms with Crippen molar-refractivity contribution in [1.29, 1.82) is 0 Å². The first-order chi connectivity index (χ1) is 10.3. The summed E-state index contributed by atoms with van der Waals surface area (Å²) in [5.41, 5.74) is 5.41. The van der Waals surface area contributed by atoms with Crippen LogP contribution in [-0.4, -0.2) is 31.0 Å². The summed E-state index contributed by atoms with van der Waals surface area (Å²) < 4.78 is 0. The molecule has 0 amide bonds. The Kier molecular flexibility index (Phi) is 3.65. The van der Waals surface area contributed by atoms with Crippen molar-refractivity contribution in [3.8, 4) is 0 Å². The number of aliphatic imine (C=N–C) groups is 1. The molecule has 2 aromatic rings. The topological polar surface area (TPSA) is 28.0 Å². The average molecular weight is 275 g/mol. The molecule has 1 aliphatic heterocycles. The maximum Gasteiger partial charge on any atom is 0.0789 e. The number of nitrogens with zero attached hydrogens (tertiary/aromatic N) is 3. The number of benzene rings is 2. The zero-order valence-electron chi connectivity index (χ0n) is 12.2. The van der Waals surface area contributed by atoms with Gasteiger partial charge in [-0.3, -0.25) is 0 Å². The van der Waals surface area contributed by atoms with Gasteiger partial charge in [0.25, 0.3) is 0 Å². The molecule has 104 valence electrons. The molecule has 0 N–H and O–H groups in total. The Morgan fingerprint density at radius 1 is 0.952 bits per heavy atom. The Balaban J connectivity index is 2.07. The van der Waals surface area contributed by atoms with E-state index in [2.05, 4.69) is 23.3 Å². The summed E-state index contributed by atoms with van der Waals surface area (Å²) >= 11 is 0. The normalized spacial score (nSPS) is 15.3. The Bertz CT molecular complexity index is 725. The molecule has 0 aliphatic carbocycles. The standard InChI is InChI=1S/C18H17N3/c1-21(2)19-13-12-16-15-10-6-7-11-17(15)20-18(16)14-8-4-3-5-9-14/h3-13H,1-2H3/b16-12-,19-13+. The van der Waals surface area contributed by atoms with Gasteiger partial charge in [-0.25, -0.2) is 4.99 Å². The van der Waals surface area contributed by atoms with E-state index in [1.807, 2.05) is 62.8 Å². The summed E-state index contributed by atoms with van der Waals surface area (Å²) in [7, 11) is 3.81. The fourth-order valence-corrected chi connectivity index (χ4v) is 2.33. The molecule has 3 rings (SSSR count). The summed E-state index contributed by atoms with van der Waals surface area (Å²) in [6.45, 7) is 0. The largest absolute Gasteiger partial charge is 0.303 e. The molecule has 0 fully saturated rings. The minimum Gasteiger partial charge on any atom is -0.303 e. The molecule has 0 unspecified atom stereocenters. The highest BCUT2D eigenvalue weighted by molar-refractivity contribution is 6.37. The third-order valence-corrected chi connectivity index (χ3v) is 3.27. The van der Waals surface area contributed by atoms with E-state index in [4.69, 9.17) is 4.99 Å². The van der Waals surface area contributed by atoms with Crippen LogP contribution in [0.15, 0.2) is 70.8 Å². The van der Waals surface area contributed by atoms with Crippen LogP contribution in [0.5, 0.6) is 0 Å². The van der Waals surface area contributed by atoms with E-state index < -0.39 is 0 Å². The molecule has 3 nitrogen and oxygen atoms in total. The van der Waals surface area contributed by atoms with E-state index in [-0.39, 0.29) is 0 Å². The van der Waals surface area contributed by atoms with Crippen LogP contribution in [0, 0.1) is 0 Å². The summed E-state index contributed by atoms with van der Waals surface area (Å²) in [5.74, 6) is 0. The lowest BCUT2D eigenvalue weighted by atomic mass is 9.98. The van der Waals surface area contributed by atoms with Crippen LogP contribution in [0.25, 0.3) is 5.57 Å². The van der Waals surface area contributed by atoms with Gasteiger partial charge in [-0.15, -0.1) is 0 Å². The number of allylic oxidation sites excluding steroid dienone is 2. The third kappa shape index (κ3) is 2.77. The van der Waals surface area contributed by atoms with Crippen molar-refractivity contribution in [2.24, 2.45) is 10.1 Å². The number of hydrazone groups is 1. The Morgan fingerprint density at radius 3 is 2.43 bits per heavy atom. The van der Waals surface area contributed by atoms with Crippen LogP contribution in [-0.2, 0) is 0 Å². The average Bonchev–Trinajstić information content (AvgIpc) is 2.87. The number of hydrogen-bond acceptors (Lipinski definition) is 3. The van der Waals surface area contributed by atoms with Crippen molar-refractivity contribution in [3.05, 3.63) is 71.8 Å². The van der Waals surface area contributed by atoms with Crippen molar-refractivity contribution in [2.75, 3.05) is 14.1 Å². The van der Waals surface area contributed by atoms with Gasteiger partial charge in [-0.2, -0.15) is 5.10 Å². The van der Waals surface area contributed by atoms with Crippen molar-refractivity contribution in [1.82, 2.24) is 5.01 Å². The monoisotopic (exact) mass is 275 g/mol. The Labute approximate surface area is 125 Å². The van der Waals surface area contributed by atoms with Gasteiger partial charge in [0.05, 0.1) is 11.4 Å². The van der Waals surface area contributed by atoms with Gasteiger partial charge in [0.2, 0.25) is 0 Å².